The van der Waals surface area contributed by atoms with E-state index in [1.54, 1.807) is 0 Å². The quantitative estimate of drug-likeness (QED) is 0.846. The van der Waals surface area contributed by atoms with Crippen LogP contribution in [0.2, 0.25) is 0 Å². The number of carbonyl (C=O) groups excluding carboxylic acids is 1. The summed E-state index contributed by atoms with van der Waals surface area (Å²) in [7, 11) is 0. The second kappa shape index (κ2) is 6.94. The highest BCUT2D eigenvalue weighted by molar-refractivity contribution is 5.94. The molecule has 21 heavy (non-hydrogen) atoms. The summed E-state index contributed by atoms with van der Waals surface area (Å²) in [6, 6.07) is 7.33. The van der Waals surface area contributed by atoms with Crippen molar-refractivity contribution >= 4 is 5.91 Å². The molecule has 3 N–H and O–H groups in total. The van der Waals surface area contributed by atoms with Gasteiger partial charge in [0, 0.05) is 12.1 Å². The van der Waals surface area contributed by atoms with Crippen molar-refractivity contribution in [2.75, 3.05) is 6.54 Å². The lowest BCUT2D eigenvalue weighted by Gasteiger charge is -2.28. The van der Waals surface area contributed by atoms with Crippen LogP contribution < -0.4 is 15.8 Å². The second-order valence-corrected chi connectivity index (χ2v) is 6.01. The molecular formula is C17H26N2O2. The van der Waals surface area contributed by atoms with Crippen molar-refractivity contribution in [3.05, 3.63) is 29.8 Å². The van der Waals surface area contributed by atoms with Gasteiger partial charge >= 0.3 is 0 Å². The molecule has 0 heterocycles. The first kappa shape index (κ1) is 15.8. The molecule has 0 aromatic heterocycles. The number of rotatable bonds is 6. The first-order valence-electron chi connectivity index (χ1n) is 7.88. The number of benzene rings is 1. The third-order valence-corrected chi connectivity index (χ3v) is 4.36. The van der Waals surface area contributed by atoms with Gasteiger partial charge in [-0.05, 0) is 50.5 Å². The average Bonchev–Trinajstić information content (AvgIpc) is 2.97. The van der Waals surface area contributed by atoms with E-state index in [9.17, 15) is 4.79 Å². The SMILES string of the molecule is CCC(C)Oc1ccc(C(=O)NC2(CN)CCCC2)cc1. The zero-order chi connectivity index (χ0) is 15.3. The predicted molar refractivity (Wildman–Crippen MR) is 84.5 cm³/mol. The molecule has 1 aliphatic rings. The molecule has 1 aromatic rings. The van der Waals surface area contributed by atoms with Crippen LogP contribution in [0.5, 0.6) is 5.75 Å². The largest absolute Gasteiger partial charge is 0.491 e. The number of nitrogens with two attached hydrogens (primary N) is 1. The van der Waals surface area contributed by atoms with Crippen molar-refractivity contribution in [1.29, 1.82) is 0 Å². The molecule has 0 radical (unpaired) electrons. The third kappa shape index (κ3) is 3.97. The normalized spacial score (nSPS) is 18.2. The monoisotopic (exact) mass is 290 g/mol. The van der Waals surface area contributed by atoms with Crippen LogP contribution >= 0.6 is 0 Å². The molecule has 0 aliphatic heterocycles. The molecule has 2 rings (SSSR count). The maximum Gasteiger partial charge on any atom is 0.251 e. The minimum Gasteiger partial charge on any atom is -0.491 e. The smallest absolute Gasteiger partial charge is 0.251 e. The molecule has 116 valence electrons. The van der Waals surface area contributed by atoms with Gasteiger partial charge < -0.3 is 15.8 Å². The number of nitrogens with one attached hydrogen (secondary N) is 1. The van der Waals surface area contributed by atoms with E-state index in [1.165, 1.54) is 0 Å². The molecule has 4 heteroatoms. The summed E-state index contributed by atoms with van der Waals surface area (Å²) in [5, 5.41) is 3.12. The number of hydrogen-bond donors (Lipinski definition) is 2. The van der Waals surface area contributed by atoms with Gasteiger partial charge in [-0.2, -0.15) is 0 Å². The van der Waals surface area contributed by atoms with Crippen LogP contribution in [-0.4, -0.2) is 24.1 Å². The van der Waals surface area contributed by atoms with Gasteiger partial charge in [0.1, 0.15) is 5.75 Å². The van der Waals surface area contributed by atoms with E-state index >= 15 is 0 Å². The molecule has 1 atom stereocenters. The van der Waals surface area contributed by atoms with E-state index in [0.29, 0.717) is 12.1 Å². The van der Waals surface area contributed by atoms with E-state index in [2.05, 4.69) is 12.2 Å². The topological polar surface area (TPSA) is 64.3 Å². The first-order chi connectivity index (χ1) is 10.1. The maximum absolute atomic E-state index is 12.3. The molecule has 1 amide bonds. The number of hydrogen-bond acceptors (Lipinski definition) is 3. The van der Waals surface area contributed by atoms with Gasteiger partial charge in [-0.3, -0.25) is 4.79 Å². The standard InChI is InChI=1S/C17H26N2O2/c1-3-13(2)21-15-8-6-14(7-9-15)16(20)19-17(12-18)10-4-5-11-17/h6-9,13H,3-5,10-12,18H2,1-2H3,(H,19,20). The Morgan fingerprint density at radius 2 is 1.95 bits per heavy atom. The van der Waals surface area contributed by atoms with E-state index in [4.69, 9.17) is 10.5 Å². The fourth-order valence-corrected chi connectivity index (χ4v) is 2.75. The van der Waals surface area contributed by atoms with Crippen LogP contribution in [0.4, 0.5) is 0 Å². The molecule has 0 saturated heterocycles. The second-order valence-electron chi connectivity index (χ2n) is 6.01. The van der Waals surface area contributed by atoms with Crippen molar-refractivity contribution in [1.82, 2.24) is 5.32 Å². The fraction of sp³-hybridized carbons (Fsp3) is 0.588. The highest BCUT2D eigenvalue weighted by Crippen LogP contribution is 2.29. The van der Waals surface area contributed by atoms with Gasteiger partial charge in [0.05, 0.1) is 11.6 Å². The van der Waals surface area contributed by atoms with Crippen molar-refractivity contribution < 1.29 is 9.53 Å². The van der Waals surface area contributed by atoms with Gasteiger partial charge in [-0.25, -0.2) is 0 Å². The lowest BCUT2D eigenvalue weighted by Crippen LogP contribution is -2.51. The Morgan fingerprint density at radius 3 is 2.48 bits per heavy atom. The Morgan fingerprint density at radius 1 is 1.33 bits per heavy atom. The number of amides is 1. The van der Waals surface area contributed by atoms with Crippen molar-refractivity contribution in [2.45, 2.75) is 57.6 Å². The highest BCUT2D eigenvalue weighted by Gasteiger charge is 2.33. The summed E-state index contributed by atoms with van der Waals surface area (Å²) >= 11 is 0. The van der Waals surface area contributed by atoms with Gasteiger partial charge in [0.15, 0.2) is 0 Å². The maximum atomic E-state index is 12.3. The molecule has 1 saturated carbocycles. The first-order valence-corrected chi connectivity index (χ1v) is 7.88. The fourth-order valence-electron chi connectivity index (χ4n) is 2.75. The Hall–Kier alpha value is -1.55. The molecule has 1 fully saturated rings. The van der Waals surface area contributed by atoms with E-state index < -0.39 is 0 Å². The highest BCUT2D eigenvalue weighted by atomic mass is 16.5. The van der Waals surface area contributed by atoms with E-state index in [0.717, 1.165) is 37.9 Å². The average molecular weight is 290 g/mol. The zero-order valence-electron chi connectivity index (χ0n) is 13.0. The molecular weight excluding hydrogens is 264 g/mol. The van der Waals surface area contributed by atoms with Gasteiger partial charge in [0.2, 0.25) is 0 Å². The van der Waals surface area contributed by atoms with Crippen molar-refractivity contribution in [3.63, 3.8) is 0 Å². The van der Waals surface area contributed by atoms with Crippen LogP contribution in [0.3, 0.4) is 0 Å². The number of ether oxygens (including phenoxy) is 1. The Balaban J connectivity index is 1.99. The predicted octanol–water partition coefficient (Wildman–Crippen LogP) is 2.87. The molecule has 1 unspecified atom stereocenters. The molecule has 4 nitrogen and oxygen atoms in total. The molecule has 1 aromatic carbocycles. The Kier molecular flexibility index (Phi) is 5.23. The third-order valence-electron chi connectivity index (χ3n) is 4.36. The van der Waals surface area contributed by atoms with Crippen LogP contribution in [0, 0.1) is 0 Å². The lowest BCUT2D eigenvalue weighted by molar-refractivity contribution is 0.0903. The Bertz CT molecular complexity index is 464. The summed E-state index contributed by atoms with van der Waals surface area (Å²) in [5.41, 5.74) is 6.31. The molecule has 0 bridgehead atoms. The summed E-state index contributed by atoms with van der Waals surface area (Å²) in [6.45, 7) is 4.63. The van der Waals surface area contributed by atoms with Crippen molar-refractivity contribution in [2.24, 2.45) is 5.73 Å². The summed E-state index contributed by atoms with van der Waals surface area (Å²) in [6.07, 6.45) is 5.37. The van der Waals surface area contributed by atoms with E-state index in [-0.39, 0.29) is 17.6 Å². The van der Waals surface area contributed by atoms with Gasteiger partial charge in [0.25, 0.3) is 5.91 Å². The summed E-state index contributed by atoms with van der Waals surface area (Å²) in [5.74, 6) is 0.757. The lowest BCUT2D eigenvalue weighted by atomic mass is 9.97. The number of carbonyl (C=O) groups is 1. The zero-order valence-corrected chi connectivity index (χ0v) is 13.0. The van der Waals surface area contributed by atoms with Crippen LogP contribution in [0.1, 0.15) is 56.3 Å². The van der Waals surface area contributed by atoms with Gasteiger partial charge in [-0.1, -0.05) is 19.8 Å². The van der Waals surface area contributed by atoms with Crippen LogP contribution in [0.15, 0.2) is 24.3 Å². The van der Waals surface area contributed by atoms with Crippen LogP contribution in [-0.2, 0) is 0 Å². The molecule has 1 aliphatic carbocycles. The van der Waals surface area contributed by atoms with E-state index in [1.807, 2.05) is 31.2 Å². The minimum absolute atomic E-state index is 0.0440. The Labute approximate surface area is 127 Å². The minimum atomic E-state index is -0.205. The van der Waals surface area contributed by atoms with Crippen LogP contribution in [0.25, 0.3) is 0 Å². The summed E-state index contributed by atoms with van der Waals surface area (Å²) < 4.78 is 5.72. The van der Waals surface area contributed by atoms with Gasteiger partial charge in [-0.15, -0.1) is 0 Å². The molecule has 0 spiro atoms. The summed E-state index contributed by atoms with van der Waals surface area (Å²) in [4.78, 5) is 12.3. The van der Waals surface area contributed by atoms with Crippen molar-refractivity contribution in [3.8, 4) is 5.75 Å².